The predicted molar refractivity (Wildman–Crippen MR) is 87.4 cm³/mol. The third-order valence-corrected chi connectivity index (χ3v) is 4.82. The van der Waals surface area contributed by atoms with Crippen LogP contribution in [0.4, 0.5) is 0 Å². The Labute approximate surface area is 129 Å². The number of likely N-dealkylation sites (N-methyl/N-ethyl adjacent to an activating group) is 1. The van der Waals surface area contributed by atoms with Gasteiger partial charge in [0.25, 0.3) is 0 Å². The van der Waals surface area contributed by atoms with Gasteiger partial charge in [0.2, 0.25) is 0 Å². The first kappa shape index (κ1) is 16.3. The molecule has 1 saturated heterocycles. The van der Waals surface area contributed by atoms with Gasteiger partial charge in [-0.3, -0.25) is 0 Å². The van der Waals surface area contributed by atoms with Gasteiger partial charge < -0.3 is 14.5 Å². The minimum atomic E-state index is 0.641. The van der Waals surface area contributed by atoms with Crippen molar-refractivity contribution >= 4 is 0 Å². The summed E-state index contributed by atoms with van der Waals surface area (Å²) < 4.78 is 5.87. The van der Waals surface area contributed by atoms with Crippen molar-refractivity contribution in [3.8, 4) is 5.75 Å². The van der Waals surface area contributed by atoms with E-state index >= 15 is 0 Å². The number of rotatable bonds is 7. The first-order valence-corrected chi connectivity index (χ1v) is 8.56. The molecule has 3 nitrogen and oxygen atoms in total. The lowest BCUT2D eigenvalue weighted by atomic mass is 9.99. The standard InChI is InChI=1S/C18H30N2O/c1-4-16(2)17-6-8-18(9-7-17)21-15-5-10-20-13-11-19(3)12-14-20/h6-9,16H,4-5,10-15H2,1-3H3/p+2/t16-/m0/s1. The quantitative estimate of drug-likeness (QED) is 0.696. The summed E-state index contributed by atoms with van der Waals surface area (Å²) in [7, 11) is 2.29. The normalized spacial score (nSPS) is 23.8. The van der Waals surface area contributed by atoms with Crippen LogP contribution in [0.3, 0.4) is 0 Å². The van der Waals surface area contributed by atoms with E-state index in [1.165, 1.54) is 44.7 Å². The molecule has 21 heavy (non-hydrogen) atoms. The molecule has 118 valence electrons. The Hall–Kier alpha value is -1.06. The molecular formula is C18H32N2O+2. The van der Waals surface area contributed by atoms with Crippen molar-refractivity contribution < 1.29 is 14.5 Å². The van der Waals surface area contributed by atoms with Crippen LogP contribution in [0.15, 0.2) is 24.3 Å². The van der Waals surface area contributed by atoms with Crippen molar-refractivity contribution in [2.75, 3.05) is 46.4 Å². The average Bonchev–Trinajstić information content (AvgIpc) is 2.53. The van der Waals surface area contributed by atoms with Gasteiger partial charge >= 0.3 is 0 Å². The molecule has 1 aliphatic rings. The predicted octanol–water partition coefficient (Wildman–Crippen LogP) is 0.382. The molecule has 1 atom stereocenters. The van der Waals surface area contributed by atoms with Crippen LogP contribution in [0, 0.1) is 0 Å². The van der Waals surface area contributed by atoms with Gasteiger partial charge in [0.05, 0.1) is 20.2 Å². The van der Waals surface area contributed by atoms with Gasteiger partial charge in [0.1, 0.15) is 31.9 Å². The molecule has 1 aromatic carbocycles. The van der Waals surface area contributed by atoms with E-state index in [0.29, 0.717) is 5.92 Å². The fourth-order valence-electron chi connectivity index (χ4n) is 2.92. The molecule has 0 saturated carbocycles. The summed E-state index contributed by atoms with van der Waals surface area (Å²) >= 11 is 0. The minimum Gasteiger partial charge on any atom is -0.493 e. The fourth-order valence-corrected chi connectivity index (χ4v) is 2.92. The monoisotopic (exact) mass is 292 g/mol. The zero-order valence-electron chi connectivity index (χ0n) is 14.0. The molecule has 0 amide bonds. The van der Waals surface area contributed by atoms with Crippen LogP contribution < -0.4 is 14.5 Å². The van der Waals surface area contributed by atoms with Crippen molar-refractivity contribution in [1.82, 2.24) is 0 Å². The zero-order chi connectivity index (χ0) is 15.1. The molecule has 2 rings (SSSR count). The highest BCUT2D eigenvalue weighted by Crippen LogP contribution is 2.21. The van der Waals surface area contributed by atoms with E-state index in [4.69, 9.17) is 4.74 Å². The number of piperazine rings is 1. The number of quaternary nitrogens is 2. The highest BCUT2D eigenvalue weighted by atomic mass is 16.5. The third-order valence-electron chi connectivity index (χ3n) is 4.82. The lowest BCUT2D eigenvalue weighted by Crippen LogP contribution is -3.27. The van der Waals surface area contributed by atoms with E-state index in [-0.39, 0.29) is 0 Å². The molecule has 0 aliphatic carbocycles. The van der Waals surface area contributed by atoms with Gasteiger partial charge in [-0.1, -0.05) is 26.0 Å². The van der Waals surface area contributed by atoms with Crippen LogP contribution in [-0.2, 0) is 0 Å². The first-order chi connectivity index (χ1) is 10.2. The summed E-state index contributed by atoms with van der Waals surface area (Å²) in [5.74, 6) is 1.65. The van der Waals surface area contributed by atoms with Gasteiger partial charge in [-0.15, -0.1) is 0 Å². The van der Waals surface area contributed by atoms with E-state index in [0.717, 1.165) is 18.8 Å². The Bertz CT molecular complexity index is 396. The smallest absolute Gasteiger partial charge is 0.127 e. The van der Waals surface area contributed by atoms with Crippen LogP contribution in [-0.4, -0.2) is 46.4 Å². The molecule has 2 N–H and O–H groups in total. The van der Waals surface area contributed by atoms with Gasteiger partial charge in [-0.25, -0.2) is 0 Å². The van der Waals surface area contributed by atoms with Crippen LogP contribution in [0.5, 0.6) is 5.75 Å². The largest absolute Gasteiger partial charge is 0.493 e. The summed E-state index contributed by atoms with van der Waals surface area (Å²) in [5.41, 5.74) is 1.41. The molecule has 1 aromatic rings. The van der Waals surface area contributed by atoms with Gasteiger partial charge in [-0.05, 0) is 30.0 Å². The molecule has 1 heterocycles. The molecule has 1 aliphatic heterocycles. The number of hydrogen-bond acceptors (Lipinski definition) is 1. The average molecular weight is 292 g/mol. The summed E-state index contributed by atoms with van der Waals surface area (Å²) in [4.78, 5) is 3.42. The van der Waals surface area contributed by atoms with Crippen molar-refractivity contribution in [2.45, 2.75) is 32.6 Å². The van der Waals surface area contributed by atoms with Crippen molar-refractivity contribution in [3.05, 3.63) is 29.8 Å². The molecule has 1 fully saturated rings. The highest BCUT2D eigenvalue weighted by Gasteiger charge is 2.18. The van der Waals surface area contributed by atoms with E-state index in [1.807, 2.05) is 0 Å². The second kappa shape index (κ2) is 8.40. The van der Waals surface area contributed by atoms with Crippen molar-refractivity contribution in [1.29, 1.82) is 0 Å². The summed E-state index contributed by atoms with van der Waals surface area (Å²) in [6, 6.07) is 8.65. The number of nitrogens with one attached hydrogen (secondary N) is 2. The van der Waals surface area contributed by atoms with Crippen LogP contribution in [0.25, 0.3) is 0 Å². The Kier molecular flexibility index (Phi) is 6.52. The van der Waals surface area contributed by atoms with Crippen LogP contribution >= 0.6 is 0 Å². The topological polar surface area (TPSA) is 18.1 Å². The van der Waals surface area contributed by atoms with Crippen molar-refractivity contribution in [3.63, 3.8) is 0 Å². The highest BCUT2D eigenvalue weighted by molar-refractivity contribution is 5.29. The van der Waals surface area contributed by atoms with Crippen LogP contribution in [0.1, 0.15) is 38.2 Å². The Morgan fingerprint density at radius 1 is 1.10 bits per heavy atom. The zero-order valence-corrected chi connectivity index (χ0v) is 14.0. The van der Waals surface area contributed by atoms with E-state index in [9.17, 15) is 0 Å². The van der Waals surface area contributed by atoms with Crippen molar-refractivity contribution in [2.24, 2.45) is 0 Å². The Morgan fingerprint density at radius 3 is 2.38 bits per heavy atom. The van der Waals surface area contributed by atoms with Gasteiger partial charge in [0, 0.05) is 6.42 Å². The minimum absolute atomic E-state index is 0.641. The lowest BCUT2D eigenvalue weighted by Gasteiger charge is -2.27. The SMILES string of the molecule is CC[C@H](C)c1ccc(OCCC[NH+]2CC[NH+](C)CC2)cc1. The second-order valence-electron chi connectivity index (χ2n) is 6.54. The van der Waals surface area contributed by atoms with Gasteiger partial charge in [0.15, 0.2) is 0 Å². The molecule has 0 radical (unpaired) electrons. The molecule has 0 unspecified atom stereocenters. The molecule has 0 spiro atoms. The second-order valence-corrected chi connectivity index (χ2v) is 6.54. The summed E-state index contributed by atoms with van der Waals surface area (Å²) in [6.07, 6.45) is 2.34. The summed E-state index contributed by atoms with van der Waals surface area (Å²) in [5, 5.41) is 0. The van der Waals surface area contributed by atoms with E-state index in [2.05, 4.69) is 45.2 Å². The third kappa shape index (κ3) is 5.33. The lowest BCUT2D eigenvalue weighted by molar-refractivity contribution is -1.00. The van der Waals surface area contributed by atoms with Crippen LogP contribution in [0.2, 0.25) is 0 Å². The maximum Gasteiger partial charge on any atom is 0.127 e. The number of benzene rings is 1. The number of ether oxygens (including phenoxy) is 1. The molecule has 3 heteroatoms. The maximum absolute atomic E-state index is 5.87. The Morgan fingerprint density at radius 2 is 1.76 bits per heavy atom. The van der Waals surface area contributed by atoms with E-state index < -0.39 is 0 Å². The fraction of sp³-hybridized carbons (Fsp3) is 0.667. The molecular weight excluding hydrogens is 260 g/mol. The first-order valence-electron chi connectivity index (χ1n) is 8.56. The summed E-state index contributed by atoms with van der Waals surface area (Å²) in [6.45, 7) is 11.9. The van der Waals surface area contributed by atoms with E-state index in [1.54, 1.807) is 9.80 Å². The van der Waals surface area contributed by atoms with Gasteiger partial charge in [-0.2, -0.15) is 0 Å². The molecule has 0 aromatic heterocycles. The Balaban J connectivity index is 1.64. The maximum atomic E-state index is 5.87. The molecule has 0 bridgehead atoms. The number of hydrogen-bond donors (Lipinski definition) is 2.